The van der Waals surface area contributed by atoms with Crippen molar-refractivity contribution in [2.75, 3.05) is 25.1 Å². The smallest absolute Gasteiger partial charge is 0.0790 e. The number of hydrogen-bond acceptors (Lipinski definition) is 3. The van der Waals surface area contributed by atoms with Gasteiger partial charge in [0.2, 0.25) is 0 Å². The molecule has 1 aromatic rings. The molecule has 0 radical (unpaired) electrons. The van der Waals surface area contributed by atoms with Gasteiger partial charge >= 0.3 is 0 Å². The Hall–Kier alpha value is -1.06. The molecule has 0 aliphatic rings. The quantitative estimate of drug-likeness (QED) is 0.664. The Morgan fingerprint density at radius 3 is 2.75 bits per heavy atom. The maximum atomic E-state index is 9.59. The summed E-state index contributed by atoms with van der Waals surface area (Å²) in [7, 11) is 0. The number of aliphatic hydroxyl groups is 1. The lowest BCUT2D eigenvalue weighted by atomic mass is 10.2. The van der Waals surface area contributed by atoms with Gasteiger partial charge in [0, 0.05) is 18.8 Å². The van der Waals surface area contributed by atoms with Crippen LogP contribution in [0.25, 0.3) is 0 Å². The summed E-state index contributed by atoms with van der Waals surface area (Å²) in [4.78, 5) is 0. The van der Waals surface area contributed by atoms with Crippen molar-refractivity contribution in [1.29, 1.82) is 0 Å². The summed E-state index contributed by atoms with van der Waals surface area (Å²) in [6, 6.07) is 9.99. The van der Waals surface area contributed by atoms with Crippen LogP contribution in [0, 0.1) is 0 Å². The summed E-state index contributed by atoms with van der Waals surface area (Å²) in [5, 5.41) is 12.8. The van der Waals surface area contributed by atoms with Crippen molar-refractivity contribution in [1.82, 2.24) is 0 Å². The first kappa shape index (κ1) is 13.0. The highest BCUT2D eigenvalue weighted by Crippen LogP contribution is 2.05. The van der Waals surface area contributed by atoms with Crippen LogP contribution in [0.3, 0.4) is 0 Å². The van der Waals surface area contributed by atoms with Gasteiger partial charge < -0.3 is 15.2 Å². The molecule has 1 rings (SSSR count). The average Bonchev–Trinajstić information content (AvgIpc) is 2.31. The molecule has 0 amide bonds. The minimum atomic E-state index is -0.372. The lowest BCUT2D eigenvalue weighted by Gasteiger charge is -2.12. The van der Waals surface area contributed by atoms with Crippen molar-refractivity contribution < 1.29 is 9.84 Å². The highest BCUT2D eigenvalue weighted by molar-refractivity contribution is 5.42. The van der Waals surface area contributed by atoms with Crippen LogP contribution in [-0.2, 0) is 4.74 Å². The molecule has 0 aliphatic carbocycles. The molecular formula is C13H21NO2. The van der Waals surface area contributed by atoms with E-state index in [1.807, 2.05) is 30.3 Å². The molecule has 0 aliphatic heterocycles. The normalized spacial score (nSPS) is 12.4. The van der Waals surface area contributed by atoms with E-state index in [-0.39, 0.29) is 6.10 Å². The van der Waals surface area contributed by atoms with Crippen molar-refractivity contribution in [2.24, 2.45) is 0 Å². The van der Waals surface area contributed by atoms with Gasteiger partial charge in [-0.05, 0) is 25.0 Å². The zero-order chi connectivity index (χ0) is 11.6. The first-order valence-electron chi connectivity index (χ1n) is 5.87. The van der Waals surface area contributed by atoms with Crippen molar-refractivity contribution in [3.05, 3.63) is 30.3 Å². The molecule has 0 heterocycles. The molecule has 2 N–H and O–H groups in total. The van der Waals surface area contributed by atoms with Crippen LogP contribution >= 0.6 is 0 Å². The number of ether oxygens (including phenoxy) is 1. The van der Waals surface area contributed by atoms with Crippen LogP contribution in [0.5, 0.6) is 0 Å². The second-order valence-electron chi connectivity index (χ2n) is 3.81. The highest BCUT2D eigenvalue weighted by Gasteiger charge is 2.03. The number of anilines is 1. The molecule has 3 nitrogen and oxygen atoms in total. The SMILES string of the molecule is CCCOCC(O)CCNc1ccccc1. The first-order valence-corrected chi connectivity index (χ1v) is 5.87. The molecule has 0 bridgehead atoms. The van der Waals surface area contributed by atoms with Crippen molar-refractivity contribution >= 4 is 5.69 Å². The van der Waals surface area contributed by atoms with E-state index in [4.69, 9.17) is 4.74 Å². The van der Waals surface area contributed by atoms with Gasteiger partial charge in [-0.2, -0.15) is 0 Å². The van der Waals surface area contributed by atoms with E-state index >= 15 is 0 Å². The molecule has 1 aromatic carbocycles. The van der Waals surface area contributed by atoms with Crippen LogP contribution in [0.15, 0.2) is 30.3 Å². The summed E-state index contributed by atoms with van der Waals surface area (Å²) in [5.41, 5.74) is 1.09. The van der Waals surface area contributed by atoms with E-state index in [0.717, 1.165) is 25.3 Å². The van der Waals surface area contributed by atoms with Crippen LogP contribution in [0.2, 0.25) is 0 Å². The molecule has 1 unspecified atom stereocenters. The Labute approximate surface area is 97.4 Å². The minimum absolute atomic E-state index is 0.372. The van der Waals surface area contributed by atoms with Crippen LogP contribution in [0.4, 0.5) is 5.69 Å². The molecule has 1 atom stereocenters. The van der Waals surface area contributed by atoms with E-state index in [2.05, 4.69) is 12.2 Å². The van der Waals surface area contributed by atoms with Crippen molar-refractivity contribution in [2.45, 2.75) is 25.9 Å². The van der Waals surface area contributed by atoms with Crippen LogP contribution in [-0.4, -0.2) is 31.0 Å². The highest BCUT2D eigenvalue weighted by atomic mass is 16.5. The largest absolute Gasteiger partial charge is 0.391 e. The van der Waals surface area contributed by atoms with Crippen molar-refractivity contribution in [3.63, 3.8) is 0 Å². The molecule has 0 saturated carbocycles. The number of nitrogens with one attached hydrogen (secondary N) is 1. The first-order chi connectivity index (χ1) is 7.83. The fraction of sp³-hybridized carbons (Fsp3) is 0.538. The summed E-state index contributed by atoms with van der Waals surface area (Å²) in [6.45, 7) is 3.98. The lowest BCUT2D eigenvalue weighted by Crippen LogP contribution is -2.19. The van der Waals surface area contributed by atoms with Gasteiger partial charge in [-0.25, -0.2) is 0 Å². The summed E-state index contributed by atoms with van der Waals surface area (Å²) >= 11 is 0. The Morgan fingerprint density at radius 1 is 1.31 bits per heavy atom. The molecule has 0 aromatic heterocycles. The second kappa shape index (κ2) is 8.13. The fourth-order valence-electron chi connectivity index (χ4n) is 1.39. The molecule has 16 heavy (non-hydrogen) atoms. The van der Waals surface area contributed by atoms with Gasteiger partial charge in [-0.15, -0.1) is 0 Å². The molecule has 0 spiro atoms. The van der Waals surface area contributed by atoms with Gasteiger partial charge in [-0.3, -0.25) is 0 Å². The van der Waals surface area contributed by atoms with Crippen LogP contribution < -0.4 is 5.32 Å². The monoisotopic (exact) mass is 223 g/mol. The third kappa shape index (κ3) is 5.73. The van der Waals surface area contributed by atoms with Crippen LogP contribution in [0.1, 0.15) is 19.8 Å². The standard InChI is InChI=1S/C13H21NO2/c1-2-10-16-11-13(15)8-9-14-12-6-4-3-5-7-12/h3-7,13-15H,2,8-11H2,1H3. The number of benzene rings is 1. The predicted molar refractivity (Wildman–Crippen MR) is 66.7 cm³/mol. The van der Waals surface area contributed by atoms with Gasteiger partial charge in [-0.1, -0.05) is 25.1 Å². The third-order valence-electron chi connectivity index (χ3n) is 2.24. The number of aliphatic hydroxyl groups excluding tert-OH is 1. The van der Waals surface area contributed by atoms with Gasteiger partial charge in [0.25, 0.3) is 0 Å². The maximum Gasteiger partial charge on any atom is 0.0790 e. The summed E-state index contributed by atoms with van der Waals surface area (Å²) in [5.74, 6) is 0. The van der Waals surface area contributed by atoms with E-state index in [9.17, 15) is 5.11 Å². The van der Waals surface area contributed by atoms with Gasteiger partial charge in [0.1, 0.15) is 0 Å². The molecule has 3 heteroatoms. The topological polar surface area (TPSA) is 41.5 Å². The number of para-hydroxylation sites is 1. The summed E-state index contributed by atoms with van der Waals surface area (Å²) < 4.78 is 5.27. The van der Waals surface area contributed by atoms with E-state index in [1.54, 1.807) is 0 Å². The lowest BCUT2D eigenvalue weighted by molar-refractivity contribution is 0.0346. The Balaban J connectivity index is 2.06. The van der Waals surface area contributed by atoms with E-state index < -0.39 is 0 Å². The average molecular weight is 223 g/mol. The zero-order valence-corrected chi connectivity index (χ0v) is 9.86. The number of rotatable bonds is 8. The molecular weight excluding hydrogens is 202 g/mol. The van der Waals surface area contributed by atoms with E-state index in [0.29, 0.717) is 13.0 Å². The molecule has 0 fully saturated rings. The summed E-state index contributed by atoms with van der Waals surface area (Å²) in [6.07, 6.45) is 1.33. The zero-order valence-electron chi connectivity index (χ0n) is 9.86. The molecule has 90 valence electrons. The Kier molecular flexibility index (Phi) is 6.61. The predicted octanol–water partition coefficient (Wildman–Crippen LogP) is 2.28. The minimum Gasteiger partial charge on any atom is -0.391 e. The van der Waals surface area contributed by atoms with Gasteiger partial charge in [0.05, 0.1) is 12.7 Å². The number of hydrogen-bond donors (Lipinski definition) is 2. The van der Waals surface area contributed by atoms with Gasteiger partial charge in [0.15, 0.2) is 0 Å². The van der Waals surface area contributed by atoms with Crippen molar-refractivity contribution in [3.8, 4) is 0 Å². The third-order valence-corrected chi connectivity index (χ3v) is 2.24. The van der Waals surface area contributed by atoms with E-state index in [1.165, 1.54) is 0 Å². The maximum absolute atomic E-state index is 9.59. The Bertz CT molecular complexity index is 264. The fourth-order valence-corrected chi connectivity index (χ4v) is 1.39. The second-order valence-corrected chi connectivity index (χ2v) is 3.81. The Morgan fingerprint density at radius 2 is 2.06 bits per heavy atom. The molecule has 0 saturated heterocycles.